The van der Waals surface area contributed by atoms with Crippen molar-refractivity contribution in [2.75, 3.05) is 0 Å². The molecule has 104 valence electrons. The summed E-state index contributed by atoms with van der Waals surface area (Å²) in [6.07, 6.45) is 12.2. The van der Waals surface area contributed by atoms with Gasteiger partial charge in [0.1, 0.15) is 6.26 Å². The van der Waals surface area contributed by atoms with Gasteiger partial charge in [0.15, 0.2) is 0 Å². The summed E-state index contributed by atoms with van der Waals surface area (Å²) in [5.41, 5.74) is 1.01. The van der Waals surface area contributed by atoms with E-state index in [9.17, 15) is 0 Å². The predicted octanol–water partition coefficient (Wildman–Crippen LogP) is 4.29. The summed E-state index contributed by atoms with van der Waals surface area (Å²) >= 11 is 0. The van der Waals surface area contributed by atoms with E-state index in [-0.39, 0.29) is 0 Å². The molecule has 0 aliphatic carbocycles. The number of rotatable bonds is 11. The van der Waals surface area contributed by atoms with Crippen molar-refractivity contribution in [2.45, 2.75) is 77.8 Å². The smallest absolute Gasteiger partial charge is 0.124 e. The topological polar surface area (TPSA) is 38.1 Å². The Balaban J connectivity index is 2.23. The zero-order valence-electron chi connectivity index (χ0n) is 12.0. The molecule has 1 rings (SSSR count). The third kappa shape index (κ3) is 6.80. The summed E-state index contributed by atoms with van der Waals surface area (Å²) < 4.78 is 4.85. The molecule has 18 heavy (non-hydrogen) atoms. The largest absolute Gasteiger partial charge is 0.364 e. The lowest BCUT2D eigenvalue weighted by molar-refractivity contribution is 0.389. The SMILES string of the molecule is CCCCCC(CCCCC)NCc1ccon1. The molecule has 0 bridgehead atoms. The monoisotopic (exact) mass is 252 g/mol. The molecular weight excluding hydrogens is 224 g/mol. The first-order valence-corrected chi connectivity index (χ1v) is 7.49. The fourth-order valence-corrected chi connectivity index (χ4v) is 2.21. The van der Waals surface area contributed by atoms with Gasteiger partial charge in [-0.05, 0) is 12.8 Å². The number of nitrogens with one attached hydrogen (secondary N) is 1. The van der Waals surface area contributed by atoms with Crippen LogP contribution < -0.4 is 5.32 Å². The van der Waals surface area contributed by atoms with E-state index in [4.69, 9.17) is 4.52 Å². The highest BCUT2D eigenvalue weighted by Crippen LogP contribution is 2.11. The fraction of sp³-hybridized carbons (Fsp3) is 0.800. The van der Waals surface area contributed by atoms with Gasteiger partial charge in [0.25, 0.3) is 0 Å². The van der Waals surface area contributed by atoms with Crippen molar-refractivity contribution < 1.29 is 4.52 Å². The summed E-state index contributed by atoms with van der Waals surface area (Å²) in [6.45, 7) is 5.35. The van der Waals surface area contributed by atoms with Crippen LogP contribution >= 0.6 is 0 Å². The van der Waals surface area contributed by atoms with E-state index < -0.39 is 0 Å². The van der Waals surface area contributed by atoms with E-state index in [0.29, 0.717) is 6.04 Å². The maximum absolute atomic E-state index is 4.85. The summed E-state index contributed by atoms with van der Waals surface area (Å²) in [4.78, 5) is 0. The predicted molar refractivity (Wildman–Crippen MR) is 75.4 cm³/mol. The van der Waals surface area contributed by atoms with Crippen LogP contribution in [-0.4, -0.2) is 11.2 Å². The standard InChI is InChI=1S/C15H28N2O/c1-3-5-7-9-14(10-8-6-4-2)16-13-15-11-12-18-17-15/h11-12,14,16H,3-10,13H2,1-2H3. The van der Waals surface area contributed by atoms with Crippen molar-refractivity contribution in [3.63, 3.8) is 0 Å². The highest BCUT2D eigenvalue weighted by molar-refractivity contribution is 4.94. The lowest BCUT2D eigenvalue weighted by atomic mass is 10.0. The number of aromatic nitrogens is 1. The molecule has 1 aromatic rings. The first-order chi connectivity index (χ1) is 8.86. The van der Waals surface area contributed by atoms with Crippen molar-refractivity contribution in [2.24, 2.45) is 0 Å². The molecule has 0 atom stereocenters. The van der Waals surface area contributed by atoms with E-state index in [1.807, 2.05) is 6.07 Å². The second-order valence-corrected chi connectivity index (χ2v) is 5.06. The van der Waals surface area contributed by atoms with Crippen molar-refractivity contribution in [3.8, 4) is 0 Å². The van der Waals surface area contributed by atoms with E-state index >= 15 is 0 Å². The lowest BCUT2D eigenvalue weighted by Gasteiger charge is -2.18. The van der Waals surface area contributed by atoms with Gasteiger partial charge in [-0.3, -0.25) is 0 Å². The van der Waals surface area contributed by atoms with Crippen LogP contribution in [0.25, 0.3) is 0 Å². The van der Waals surface area contributed by atoms with Crippen molar-refractivity contribution in [1.82, 2.24) is 10.5 Å². The highest BCUT2D eigenvalue weighted by atomic mass is 16.5. The van der Waals surface area contributed by atoms with Gasteiger partial charge in [0, 0.05) is 18.7 Å². The first-order valence-electron chi connectivity index (χ1n) is 7.49. The lowest BCUT2D eigenvalue weighted by Crippen LogP contribution is -2.28. The molecule has 0 spiro atoms. The van der Waals surface area contributed by atoms with E-state index in [0.717, 1.165) is 12.2 Å². The average Bonchev–Trinajstić information content (AvgIpc) is 2.89. The first kappa shape index (κ1) is 15.2. The van der Waals surface area contributed by atoms with Crippen LogP contribution in [-0.2, 0) is 6.54 Å². The van der Waals surface area contributed by atoms with Gasteiger partial charge in [0.05, 0.1) is 5.69 Å². The molecule has 3 nitrogen and oxygen atoms in total. The molecule has 0 aliphatic heterocycles. The van der Waals surface area contributed by atoms with Gasteiger partial charge in [0.2, 0.25) is 0 Å². The average molecular weight is 252 g/mol. The van der Waals surface area contributed by atoms with Crippen molar-refractivity contribution in [1.29, 1.82) is 0 Å². The third-order valence-corrected chi connectivity index (χ3v) is 3.38. The number of hydrogen-bond donors (Lipinski definition) is 1. The quantitative estimate of drug-likeness (QED) is 0.597. The molecule has 0 amide bonds. The minimum atomic E-state index is 0.639. The van der Waals surface area contributed by atoms with Crippen LogP contribution in [0.4, 0.5) is 0 Å². The van der Waals surface area contributed by atoms with Gasteiger partial charge in [-0.15, -0.1) is 0 Å². The minimum absolute atomic E-state index is 0.639. The fourth-order valence-electron chi connectivity index (χ4n) is 2.21. The minimum Gasteiger partial charge on any atom is -0.364 e. The summed E-state index contributed by atoms with van der Waals surface area (Å²) in [5, 5.41) is 7.56. The zero-order chi connectivity index (χ0) is 13.1. The van der Waals surface area contributed by atoms with Crippen molar-refractivity contribution >= 4 is 0 Å². The van der Waals surface area contributed by atoms with Gasteiger partial charge in [-0.2, -0.15) is 0 Å². The Kier molecular flexibility index (Phi) is 8.57. The van der Waals surface area contributed by atoms with E-state index in [2.05, 4.69) is 24.3 Å². The Morgan fingerprint density at radius 3 is 2.28 bits per heavy atom. The van der Waals surface area contributed by atoms with Gasteiger partial charge >= 0.3 is 0 Å². The normalized spacial score (nSPS) is 11.3. The Labute approximate surface area is 111 Å². The summed E-state index contributed by atoms with van der Waals surface area (Å²) in [7, 11) is 0. The molecular formula is C15H28N2O. The number of unbranched alkanes of at least 4 members (excludes halogenated alkanes) is 4. The molecule has 0 radical (unpaired) electrons. The second-order valence-electron chi connectivity index (χ2n) is 5.06. The maximum atomic E-state index is 4.85. The highest BCUT2D eigenvalue weighted by Gasteiger charge is 2.08. The van der Waals surface area contributed by atoms with Gasteiger partial charge < -0.3 is 9.84 Å². The molecule has 3 heteroatoms. The van der Waals surface area contributed by atoms with Crippen LogP contribution in [0.3, 0.4) is 0 Å². The number of nitrogens with zero attached hydrogens (tertiary/aromatic N) is 1. The van der Waals surface area contributed by atoms with Crippen LogP contribution in [0.1, 0.15) is 70.9 Å². The molecule has 1 aromatic heterocycles. The Bertz CT molecular complexity index is 262. The van der Waals surface area contributed by atoms with Crippen LogP contribution in [0.2, 0.25) is 0 Å². The summed E-state index contributed by atoms with van der Waals surface area (Å²) in [6, 6.07) is 2.57. The molecule has 0 aromatic carbocycles. The van der Waals surface area contributed by atoms with Crippen LogP contribution in [0.15, 0.2) is 16.9 Å². The third-order valence-electron chi connectivity index (χ3n) is 3.38. The van der Waals surface area contributed by atoms with Crippen molar-refractivity contribution in [3.05, 3.63) is 18.0 Å². The van der Waals surface area contributed by atoms with E-state index in [1.54, 1.807) is 6.26 Å². The zero-order valence-corrected chi connectivity index (χ0v) is 12.0. The molecule has 1 N–H and O–H groups in total. The molecule has 0 fully saturated rings. The Hall–Kier alpha value is -0.830. The Morgan fingerprint density at radius 1 is 1.11 bits per heavy atom. The summed E-state index contributed by atoms with van der Waals surface area (Å²) in [5.74, 6) is 0. The molecule has 0 saturated carbocycles. The molecule has 0 saturated heterocycles. The van der Waals surface area contributed by atoms with Crippen LogP contribution in [0, 0.1) is 0 Å². The maximum Gasteiger partial charge on any atom is 0.124 e. The van der Waals surface area contributed by atoms with Gasteiger partial charge in [-0.25, -0.2) is 0 Å². The molecule has 0 unspecified atom stereocenters. The second kappa shape index (κ2) is 10.1. The Morgan fingerprint density at radius 2 is 1.78 bits per heavy atom. The van der Waals surface area contributed by atoms with E-state index in [1.165, 1.54) is 51.4 Å². The van der Waals surface area contributed by atoms with Crippen LogP contribution in [0.5, 0.6) is 0 Å². The molecule has 1 heterocycles. The molecule has 0 aliphatic rings. The van der Waals surface area contributed by atoms with Gasteiger partial charge in [-0.1, -0.05) is 57.5 Å². The number of hydrogen-bond acceptors (Lipinski definition) is 3.